The molecule has 0 saturated carbocycles. The minimum Gasteiger partial charge on any atom is -0.348 e. The van der Waals surface area contributed by atoms with Crippen LogP contribution in [0.25, 0.3) is 0 Å². The smallest absolute Gasteiger partial charge is 0.319 e. The summed E-state index contributed by atoms with van der Waals surface area (Å²) < 4.78 is 1.89. The van der Waals surface area contributed by atoms with Crippen LogP contribution in [-0.2, 0) is 13.1 Å². The second kappa shape index (κ2) is 10.2. The van der Waals surface area contributed by atoms with E-state index in [-0.39, 0.29) is 11.9 Å². The fourth-order valence-electron chi connectivity index (χ4n) is 2.50. The molecule has 0 unspecified atom stereocenters. The molecule has 3 amide bonds. The highest BCUT2D eigenvalue weighted by molar-refractivity contribution is 9.13. The second-order valence-corrected chi connectivity index (χ2v) is 7.88. The molecule has 3 rings (SSSR count). The normalized spacial score (nSPS) is 10.3. The number of halogens is 2. The zero-order valence-corrected chi connectivity index (χ0v) is 18.5. The van der Waals surface area contributed by atoms with Gasteiger partial charge in [-0.3, -0.25) is 9.78 Å². The summed E-state index contributed by atoms with van der Waals surface area (Å²) in [6, 6.07) is 15.9. The van der Waals surface area contributed by atoms with Crippen molar-refractivity contribution in [1.82, 2.24) is 15.6 Å². The number of hydrogen-bond donors (Lipinski definition) is 3. The molecule has 0 radical (unpaired) electrons. The molecule has 0 saturated heterocycles. The summed E-state index contributed by atoms with van der Waals surface area (Å²) in [5.74, 6) is -0.183. The molecular weight excluding hydrogens is 500 g/mol. The van der Waals surface area contributed by atoms with Crippen molar-refractivity contribution >= 4 is 49.5 Å². The zero-order chi connectivity index (χ0) is 20.6. The van der Waals surface area contributed by atoms with Crippen molar-refractivity contribution < 1.29 is 9.59 Å². The standard InChI is InChI=1S/C21H18Br2N4O2/c22-18-6-1-15(11-19(18)23)13-25-20(28)16-2-4-17(5-3-16)27-21(29)26-12-14-7-9-24-10-8-14/h1-11H,12-13H2,(H,25,28)(H2,26,27,29). The molecule has 0 fully saturated rings. The first-order valence-corrected chi connectivity index (χ1v) is 10.4. The summed E-state index contributed by atoms with van der Waals surface area (Å²) in [5, 5.41) is 8.39. The summed E-state index contributed by atoms with van der Waals surface area (Å²) in [5.41, 5.74) is 3.06. The van der Waals surface area contributed by atoms with Crippen LogP contribution in [-0.4, -0.2) is 16.9 Å². The van der Waals surface area contributed by atoms with Gasteiger partial charge >= 0.3 is 6.03 Å². The average molecular weight is 518 g/mol. The van der Waals surface area contributed by atoms with E-state index >= 15 is 0 Å². The van der Waals surface area contributed by atoms with Crippen molar-refractivity contribution in [3.8, 4) is 0 Å². The number of amides is 3. The maximum Gasteiger partial charge on any atom is 0.319 e. The lowest BCUT2D eigenvalue weighted by Gasteiger charge is -2.09. The Hall–Kier alpha value is -2.71. The van der Waals surface area contributed by atoms with Crippen LogP contribution in [0.4, 0.5) is 10.5 Å². The van der Waals surface area contributed by atoms with Gasteiger partial charge in [0, 0.05) is 45.7 Å². The van der Waals surface area contributed by atoms with E-state index in [1.54, 1.807) is 36.7 Å². The highest BCUT2D eigenvalue weighted by Gasteiger charge is 2.07. The van der Waals surface area contributed by atoms with E-state index < -0.39 is 0 Å². The second-order valence-electron chi connectivity index (χ2n) is 6.17. The van der Waals surface area contributed by atoms with Crippen LogP contribution in [0, 0.1) is 0 Å². The third-order valence-corrected chi connectivity index (χ3v) is 5.92. The molecule has 1 aromatic heterocycles. The summed E-state index contributed by atoms with van der Waals surface area (Å²) in [6.07, 6.45) is 3.35. The highest BCUT2D eigenvalue weighted by Crippen LogP contribution is 2.23. The van der Waals surface area contributed by atoms with Crippen molar-refractivity contribution in [1.29, 1.82) is 0 Å². The van der Waals surface area contributed by atoms with Gasteiger partial charge in [0.15, 0.2) is 0 Å². The minimum atomic E-state index is -0.320. The number of hydrogen-bond acceptors (Lipinski definition) is 3. The Labute approximate surface area is 185 Å². The predicted molar refractivity (Wildman–Crippen MR) is 120 cm³/mol. The minimum absolute atomic E-state index is 0.183. The van der Waals surface area contributed by atoms with E-state index in [0.29, 0.717) is 24.3 Å². The first kappa shape index (κ1) is 21.0. The van der Waals surface area contributed by atoms with Gasteiger partial charge in [-0.15, -0.1) is 0 Å². The molecule has 8 heteroatoms. The van der Waals surface area contributed by atoms with Crippen LogP contribution in [0.2, 0.25) is 0 Å². The maximum atomic E-state index is 12.3. The van der Waals surface area contributed by atoms with E-state index in [4.69, 9.17) is 0 Å². The van der Waals surface area contributed by atoms with Gasteiger partial charge in [0.05, 0.1) is 0 Å². The Kier molecular flexibility index (Phi) is 7.37. The molecule has 0 aliphatic carbocycles. The number of rotatable bonds is 6. The summed E-state index contributed by atoms with van der Waals surface area (Å²) in [7, 11) is 0. The molecule has 148 valence electrons. The van der Waals surface area contributed by atoms with Gasteiger partial charge in [0.2, 0.25) is 0 Å². The van der Waals surface area contributed by atoms with E-state index in [0.717, 1.165) is 20.1 Å². The van der Waals surface area contributed by atoms with E-state index in [9.17, 15) is 9.59 Å². The topological polar surface area (TPSA) is 83.1 Å². The zero-order valence-electron chi connectivity index (χ0n) is 15.3. The molecule has 0 aliphatic heterocycles. The van der Waals surface area contributed by atoms with Crippen LogP contribution < -0.4 is 16.0 Å². The number of carbonyl (C=O) groups excluding carboxylic acids is 2. The SMILES string of the molecule is O=C(NCc1ccncc1)Nc1ccc(C(=O)NCc2ccc(Br)c(Br)c2)cc1. The van der Waals surface area contributed by atoms with Crippen LogP contribution in [0.1, 0.15) is 21.5 Å². The number of carbonyl (C=O) groups is 2. The number of aromatic nitrogens is 1. The van der Waals surface area contributed by atoms with Crippen LogP contribution >= 0.6 is 31.9 Å². The van der Waals surface area contributed by atoms with Crippen LogP contribution in [0.15, 0.2) is 75.9 Å². The molecule has 0 spiro atoms. The van der Waals surface area contributed by atoms with Crippen LogP contribution in [0.5, 0.6) is 0 Å². The number of benzene rings is 2. The lowest BCUT2D eigenvalue weighted by atomic mass is 10.1. The molecule has 0 atom stereocenters. The van der Waals surface area contributed by atoms with Gasteiger partial charge in [-0.2, -0.15) is 0 Å². The number of anilines is 1. The Bertz CT molecular complexity index is 995. The monoisotopic (exact) mass is 516 g/mol. The Morgan fingerprint density at radius 1 is 0.793 bits per heavy atom. The summed E-state index contributed by atoms with van der Waals surface area (Å²) >= 11 is 6.87. The molecule has 2 aromatic carbocycles. The molecule has 6 nitrogen and oxygen atoms in total. The molecule has 1 heterocycles. The van der Waals surface area contributed by atoms with Gasteiger partial charge in [-0.1, -0.05) is 6.07 Å². The van der Waals surface area contributed by atoms with Crippen molar-refractivity contribution in [2.45, 2.75) is 13.1 Å². The van der Waals surface area contributed by atoms with Gasteiger partial charge in [0.25, 0.3) is 5.91 Å². The Morgan fingerprint density at radius 3 is 2.17 bits per heavy atom. The third kappa shape index (κ3) is 6.40. The summed E-state index contributed by atoms with van der Waals surface area (Å²) in [6.45, 7) is 0.823. The molecule has 3 aromatic rings. The third-order valence-electron chi connectivity index (χ3n) is 4.04. The number of nitrogens with zero attached hydrogens (tertiary/aromatic N) is 1. The fourth-order valence-corrected chi connectivity index (χ4v) is 3.17. The molecule has 0 bridgehead atoms. The first-order chi connectivity index (χ1) is 14.0. The van der Waals surface area contributed by atoms with Gasteiger partial charge in [-0.05, 0) is 91.5 Å². The lowest BCUT2D eigenvalue weighted by molar-refractivity contribution is 0.0951. The predicted octanol–water partition coefficient (Wildman–Crippen LogP) is 4.86. The van der Waals surface area contributed by atoms with E-state index in [1.165, 1.54) is 0 Å². The highest BCUT2D eigenvalue weighted by atomic mass is 79.9. The van der Waals surface area contributed by atoms with E-state index in [1.807, 2.05) is 30.3 Å². The van der Waals surface area contributed by atoms with Crippen molar-refractivity contribution in [2.75, 3.05) is 5.32 Å². The molecule has 29 heavy (non-hydrogen) atoms. The van der Waals surface area contributed by atoms with Gasteiger partial charge < -0.3 is 16.0 Å². The van der Waals surface area contributed by atoms with Crippen molar-refractivity contribution in [3.05, 3.63) is 92.6 Å². The van der Waals surface area contributed by atoms with Crippen LogP contribution in [0.3, 0.4) is 0 Å². The number of nitrogens with one attached hydrogen (secondary N) is 3. The number of pyridine rings is 1. The maximum absolute atomic E-state index is 12.3. The van der Waals surface area contributed by atoms with Gasteiger partial charge in [-0.25, -0.2) is 4.79 Å². The fraction of sp³-hybridized carbons (Fsp3) is 0.0952. The molecular formula is C21H18Br2N4O2. The Morgan fingerprint density at radius 2 is 1.48 bits per heavy atom. The van der Waals surface area contributed by atoms with Crippen molar-refractivity contribution in [3.63, 3.8) is 0 Å². The molecule has 0 aliphatic rings. The first-order valence-electron chi connectivity index (χ1n) is 8.77. The number of urea groups is 1. The molecule has 3 N–H and O–H groups in total. The Balaban J connectivity index is 1.49. The van der Waals surface area contributed by atoms with Crippen molar-refractivity contribution in [2.24, 2.45) is 0 Å². The summed E-state index contributed by atoms with van der Waals surface area (Å²) in [4.78, 5) is 28.3. The lowest BCUT2D eigenvalue weighted by Crippen LogP contribution is -2.28. The van der Waals surface area contributed by atoms with E-state index in [2.05, 4.69) is 52.8 Å². The largest absolute Gasteiger partial charge is 0.348 e. The average Bonchev–Trinajstić information content (AvgIpc) is 2.74. The quantitative estimate of drug-likeness (QED) is 0.436. The van der Waals surface area contributed by atoms with Gasteiger partial charge in [0.1, 0.15) is 0 Å².